The fourth-order valence-electron chi connectivity index (χ4n) is 0.118. The number of rotatable bonds is 1. The molecule has 0 fully saturated rings. The second-order valence-corrected chi connectivity index (χ2v) is 2.77. The molecule has 40 valence electrons. The van der Waals surface area contributed by atoms with E-state index in [0.717, 1.165) is 3.58 Å². The molecule has 7 heavy (non-hydrogen) atoms. The van der Waals surface area contributed by atoms with Crippen LogP contribution in [0.4, 0.5) is 0 Å². The van der Waals surface area contributed by atoms with Gasteiger partial charge in [-0.05, 0) is 28.5 Å². The van der Waals surface area contributed by atoms with Crippen molar-refractivity contribution in [3.8, 4) is 0 Å². The Hall–Kier alpha value is 0.180. The Morgan fingerprint density at radius 1 is 1.71 bits per heavy atom. The summed E-state index contributed by atoms with van der Waals surface area (Å²) < 4.78 is 0.762. The summed E-state index contributed by atoms with van der Waals surface area (Å²) in [5.41, 5.74) is 0. The molecule has 0 saturated heterocycles. The van der Waals surface area contributed by atoms with Crippen LogP contribution in [0.1, 0.15) is 13.8 Å². The summed E-state index contributed by atoms with van der Waals surface area (Å²) in [6, 6.07) is 0. The minimum absolute atomic E-state index is 0.345. The van der Waals surface area contributed by atoms with Gasteiger partial charge in [0.1, 0.15) is 5.94 Å². The lowest BCUT2D eigenvalue weighted by Crippen LogP contribution is -1.83. The maximum Gasteiger partial charge on any atom is 0.134 e. The Morgan fingerprint density at radius 2 is 2.14 bits per heavy atom. The Kier molecular flexibility index (Phi) is 3.30. The second kappa shape index (κ2) is 3.22. The molecule has 0 spiro atoms. The average molecular weight is 210 g/mol. The minimum Gasteiger partial charge on any atom is -0.233 e. The summed E-state index contributed by atoms with van der Waals surface area (Å²) in [5, 5.41) is 0. The first-order valence-electron chi connectivity index (χ1n) is 2.09. The summed E-state index contributed by atoms with van der Waals surface area (Å²) in [4.78, 5) is 9.78. The fraction of sp³-hybridized carbons (Fsp3) is 0.600. The van der Waals surface area contributed by atoms with E-state index in [1.165, 1.54) is 0 Å². The van der Waals surface area contributed by atoms with Crippen LogP contribution in [0.15, 0.2) is 3.58 Å². The zero-order valence-electron chi connectivity index (χ0n) is 4.36. The second-order valence-electron chi connectivity index (χ2n) is 1.60. The molecule has 0 radical (unpaired) electrons. The van der Waals surface area contributed by atoms with E-state index in [-0.39, 0.29) is 0 Å². The summed E-state index contributed by atoms with van der Waals surface area (Å²) in [6.07, 6.45) is 0. The van der Waals surface area contributed by atoms with Crippen molar-refractivity contribution in [2.24, 2.45) is 5.92 Å². The van der Waals surface area contributed by atoms with Crippen molar-refractivity contribution in [3.05, 3.63) is 3.58 Å². The standard InChI is InChI=1S/C5H7IO/c1-4(2)5(6)3-7/h4H,1-2H3. The lowest BCUT2D eigenvalue weighted by Gasteiger charge is -1.92. The van der Waals surface area contributed by atoms with Crippen molar-refractivity contribution in [3.63, 3.8) is 0 Å². The molecule has 1 nitrogen and oxygen atoms in total. The van der Waals surface area contributed by atoms with Gasteiger partial charge in [-0.15, -0.1) is 0 Å². The lowest BCUT2D eigenvalue weighted by atomic mass is 10.2. The molecular formula is C5H7IO. The molecule has 0 bridgehead atoms. The number of hydrogen-bond donors (Lipinski definition) is 0. The molecule has 2 heteroatoms. The highest BCUT2D eigenvalue weighted by Gasteiger charge is 1.95. The van der Waals surface area contributed by atoms with E-state index in [0.29, 0.717) is 5.92 Å². The van der Waals surface area contributed by atoms with Crippen molar-refractivity contribution in [2.75, 3.05) is 0 Å². The van der Waals surface area contributed by atoms with Crippen LogP contribution in [0.2, 0.25) is 0 Å². The van der Waals surface area contributed by atoms with Gasteiger partial charge >= 0.3 is 0 Å². The molecule has 0 N–H and O–H groups in total. The van der Waals surface area contributed by atoms with Crippen LogP contribution in [0.25, 0.3) is 0 Å². The molecule has 0 aromatic rings. The molecule has 0 saturated carbocycles. The van der Waals surface area contributed by atoms with Gasteiger partial charge in [0.2, 0.25) is 0 Å². The first-order valence-corrected chi connectivity index (χ1v) is 3.17. The van der Waals surface area contributed by atoms with E-state index in [2.05, 4.69) is 0 Å². The lowest BCUT2D eigenvalue weighted by molar-refractivity contribution is 0.566. The molecule has 0 atom stereocenters. The number of halogens is 1. The molecule has 0 aromatic heterocycles. The van der Waals surface area contributed by atoms with Crippen LogP contribution in [0.5, 0.6) is 0 Å². The van der Waals surface area contributed by atoms with Gasteiger partial charge in [-0.25, -0.2) is 4.79 Å². The fourth-order valence-corrected chi connectivity index (χ4v) is 0.118. The number of allylic oxidation sites excluding steroid dienone is 1. The molecular weight excluding hydrogens is 203 g/mol. The maximum atomic E-state index is 9.78. The normalized spacial score (nSPS) is 8.57. The van der Waals surface area contributed by atoms with Gasteiger partial charge in [0, 0.05) is 0 Å². The zero-order valence-corrected chi connectivity index (χ0v) is 6.52. The Morgan fingerprint density at radius 3 is 2.14 bits per heavy atom. The van der Waals surface area contributed by atoms with Crippen LogP contribution >= 0.6 is 22.6 Å². The summed E-state index contributed by atoms with van der Waals surface area (Å²) in [5.74, 6) is 2.16. The highest BCUT2D eigenvalue weighted by molar-refractivity contribution is 14.1. The summed E-state index contributed by atoms with van der Waals surface area (Å²) >= 11 is 1.99. The van der Waals surface area contributed by atoms with Crippen molar-refractivity contribution >= 4 is 28.5 Å². The van der Waals surface area contributed by atoms with Crippen LogP contribution in [0, 0.1) is 5.92 Å². The van der Waals surface area contributed by atoms with Gasteiger partial charge in [-0.1, -0.05) is 13.8 Å². The monoisotopic (exact) mass is 210 g/mol. The predicted molar refractivity (Wildman–Crippen MR) is 38.1 cm³/mol. The summed E-state index contributed by atoms with van der Waals surface area (Å²) in [7, 11) is 0. The van der Waals surface area contributed by atoms with E-state index in [9.17, 15) is 4.79 Å². The Bertz CT molecular complexity index is 101. The molecule has 0 amide bonds. The van der Waals surface area contributed by atoms with E-state index in [1.54, 1.807) is 0 Å². The van der Waals surface area contributed by atoms with Gasteiger partial charge in [0.05, 0.1) is 3.58 Å². The van der Waals surface area contributed by atoms with Gasteiger partial charge in [0.15, 0.2) is 0 Å². The molecule has 0 aliphatic heterocycles. The number of carbonyl (C=O) groups excluding carboxylic acids is 1. The molecule has 0 aliphatic carbocycles. The SMILES string of the molecule is CC(C)C(I)=C=O. The first-order chi connectivity index (χ1) is 3.18. The molecule has 0 unspecified atom stereocenters. The van der Waals surface area contributed by atoms with E-state index in [4.69, 9.17) is 0 Å². The van der Waals surface area contributed by atoms with Crippen LogP contribution in [-0.2, 0) is 4.79 Å². The third kappa shape index (κ3) is 2.83. The van der Waals surface area contributed by atoms with Crippen molar-refractivity contribution in [2.45, 2.75) is 13.8 Å². The Balaban J connectivity index is 3.81. The summed E-state index contributed by atoms with van der Waals surface area (Å²) in [6.45, 7) is 3.93. The van der Waals surface area contributed by atoms with Gasteiger partial charge in [-0.3, -0.25) is 0 Å². The third-order valence-electron chi connectivity index (χ3n) is 0.604. The highest BCUT2D eigenvalue weighted by atomic mass is 127. The topological polar surface area (TPSA) is 17.1 Å². The van der Waals surface area contributed by atoms with Gasteiger partial charge < -0.3 is 0 Å². The molecule has 0 rings (SSSR count). The van der Waals surface area contributed by atoms with E-state index in [1.807, 2.05) is 42.4 Å². The highest BCUT2D eigenvalue weighted by Crippen LogP contribution is 2.12. The smallest absolute Gasteiger partial charge is 0.134 e. The third-order valence-corrected chi connectivity index (χ3v) is 2.07. The maximum absolute atomic E-state index is 9.78. The van der Waals surface area contributed by atoms with Crippen molar-refractivity contribution in [1.29, 1.82) is 0 Å². The van der Waals surface area contributed by atoms with Crippen molar-refractivity contribution in [1.82, 2.24) is 0 Å². The van der Waals surface area contributed by atoms with Crippen LogP contribution in [0.3, 0.4) is 0 Å². The quantitative estimate of drug-likeness (QED) is 0.476. The predicted octanol–water partition coefficient (Wildman–Crippen LogP) is 1.79. The molecule has 0 aromatic carbocycles. The van der Waals surface area contributed by atoms with Crippen molar-refractivity contribution < 1.29 is 4.79 Å². The Labute approximate surface area is 56.9 Å². The zero-order chi connectivity index (χ0) is 5.86. The molecule has 0 heterocycles. The van der Waals surface area contributed by atoms with E-state index < -0.39 is 0 Å². The van der Waals surface area contributed by atoms with Gasteiger partial charge in [-0.2, -0.15) is 0 Å². The van der Waals surface area contributed by atoms with Gasteiger partial charge in [0.25, 0.3) is 0 Å². The first kappa shape index (κ1) is 7.18. The van der Waals surface area contributed by atoms with Crippen LogP contribution < -0.4 is 0 Å². The largest absolute Gasteiger partial charge is 0.233 e. The average Bonchev–Trinajstić information content (AvgIpc) is 1.65. The molecule has 0 aliphatic rings. The van der Waals surface area contributed by atoms with E-state index >= 15 is 0 Å². The van der Waals surface area contributed by atoms with Crippen LogP contribution in [-0.4, -0.2) is 5.94 Å². The number of hydrogen-bond acceptors (Lipinski definition) is 1. The minimum atomic E-state index is 0.345.